The summed E-state index contributed by atoms with van der Waals surface area (Å²) in [5, 5.41) is 3.03. The zero-order valence-corrected chi connectivity index (χ0v) is 52.8. The lowest BCUT2D eigenvalue weighted by Gasteiger charge is -2.30. The zero-order valence-electron chi connectivity index (χ0n) is 51.9. The number of amides is 1. The lowest BCUT2D eigenvalue weighted by Crippen LogP contribution is -2.47. The highest BCUT2D eigenvalue weighted by Crippen LogP contribution is 2.38. The van der Waals surface area contributed by atoms with Crippen LogP contribution in [0.15, 0.2) is 72.9 Å². The van der Waals surface area contributed by atoms with Gasteiger partial charge in [0, 0.05) is 12.8 Å². The normalized spacial score (nSPS) is 14.1. The van der Waals surface area contributed by atoms with Crippen LogP contribution >= 0.6 is 7.82 Å². The molecule has 0 radical (unpaired) electrons. The predicted octanol–water partition coefficient (Wildman–Crippen LogP) is 19.8. The summed E-state index contributed by atoms with van der Waals surface area (Å²) in [6, 6.07) is -0.895. The first-order valence-electron chi connectivity index (χ1n) is 32.7. The van der Waals surface area contributed by atoms with E-state index in [1.165, 1.54) is 161 Å². The Morgan fingerprint density at radius 1 is 0.449 bits per heavy atom. The maximum absolute atomic E-state index is 13.6. The van der Waals surface area contributed by atoms with E-state index in [-0.39, 0.29) is 24.9 Å². The second-order valence-electron chi connectivity index (χ2n) is 23.3. The van der Waals surface area contributed by atoms with Gasteiger partial charge in [0.1, 0.15) is 19.3 Å². The molecular weight excluding hydrogens is 988 g/mol. The average molecular weight is 1110 g/mol. The second kappa shape index (κ2) is 57.7. The first-order chi connectivity index (χ1) is 37.9. The van der Waals surface area contributed by atoms with Gasteiger partial charge in [0.15, 0.2) is 0 Å². The van der Waals surface area contributed by atoms with Crippen molar-refractivity contribution in [2.75, 3.05) is 40.9 Å². The molecule has 0 spiro atoms. The molecule has 78 heavy (non-hydrogen) atoms. The van der Waals surface area contributed by atoms with E-state index in [2.05, 4.69) is 86.8 Å². The summed E-state index contributed by atoms with van der Waals surface area (Å²) in [6.07, 6.45) is 74.4. The van der Waals surface area contributed by atoms with Crippen LogP contribution in [0.3, 0.4) is 0 Å². The van der Waals surface area contributed by atoms with Crippen LogP contribution in [0.5, 0.6) is 0 Å². The van der Waals surface area contributed by atoms with E-state index in [1.54, 1.807) is 0 Å². The van der Waals surface area contributed by atoms with Crippen molar-refractivity contribution < 1.29 is 37.3 Å². The summed E-state index contributed by atoms with van der Waals surface area (Å²) in [5.41, 5.74) is 0. The quantitative estimate of drug-likeness (QED) is 0.0212. The summed E-state index contributed by atoms with van der Waals surface area (Å²) in [6.45, 7) is 6.81. The SMILES string of the molecule is CCCCC/C=C\C/C=C\C/C=C\C/C=C\CCCCCCCCCCCC(=O)NC(COP(=O)([O-])OCC[N+](C)(C)C)C(/C=C\CCCCCCCCCCCC)OC(=O)CCCCCCCCC/C=C\CCCCCC. The van der Waals surface area contributed by atoms with Gasteiger partial charge in [-0.1, -0.05) is 255 Å². The zero-order chi connectivity index (χ0) is 57.2. The van der Waals surface area contributed by atoms with Gasteiger partial charge in [-0.2, -0.15) is 0 Å². The maximum atomic E-state index is 13.6. The van der Waals surface area contributed by atoms with Crippen LogP contribution in [-0.2, 0) is 27.9 Å². The number of likely N-dealkylation sites (N-methyl/N-ethyl adjacent to an activating group) is 1. The molecule has 0 bridgehead atoms. The van der Waals surface area contributed by atoms with E-state index < -0.39 is 26.6 Å². The Balaban J connectivity index is 5.15. The monoisotopic (exact) mass is 1110 g/mol. The Labute approximate surface area is 483 Å². The molecule has 10 heteroatoms. The Morgan fingerprint density at radius 3 is 1.22 bits per heavy atom. The first-order valence-corrected chi connectivity index (χ1v) is 34.2. The summed E-state index contributed by atoms with van der Waals surface area (Å²) < 4.78 is 30.3. The highest BCUT2D eigenvalue weighted by atomic mass is 31.2. The number of esters is 1. The van der Waals surface area contributed by atoms with Crippen molar-refractivity contribution in [3.8, 4) is 0 Å². The number of hydrogen-bond acceptors (Lipinski definition) is 7. The molecular formula is C68H125N2O7P. The Morgan fingerprint density at radius 2 is 0.782 bits per heavy atom. The number of nitrogens with one attached hydrogen (secondary N) is 1. The number of nitrogens with zero attached hydrogens (tertiary/aromatic N) is 1. The fourth-order valence-corrected chi connectivity index (χ4v) is 9.99. The van der Waals surface area contributed by atoms with E-state index in [0.717, 1.165) is 103 Å². The number of quaternary nitrogens is 1. The molecule has 3 atom stereocenters. The molecule has 0 fully saturated rings. The highest BCUT2D eigenvalue weighted by Gasteiger charge is 2.27. The molecule has 0 aliphatic heterocycles. The molecule has 0 aromatic heterocycles. The largest absolute Gasteiger partial charge is 0.756 e. The molecule has 0 saturated heterocycles. The minimum atomic E-state index is -4.70. The van der Waals surface area contributed by atoms with Gasteiger partial charge >= 0.3 is 5.97 Å². The smallest absolute Gasteiger partial charge is 0.306 e. The molecule has 0 aliphatic rings. The van der Waals surface area contributed by atoms with Crippen LogP contribution in [0.2, 0.25) is 0 Å². The Hall–Kier alpha value is -2.55. The molecule has 3 unspecified atom stereocenters. The molecule has 0 saturated carbocycles. The number of hydrogen-bond donors (Lipinski definition) is 1. The van der Waals surface area contributed by atoms with E-state index in [0.29, 0.717) is 17.4 Å². The number of rotatable bonds is 59. The van der Waals surface area contributed by atoms with Gasteiger partial charge in [-0.25, -0.2) is 0 Å². The standard InChI is InChI=1S/C68H125N2O7P/c1-7-10-13-16-19-22-25-28-30-31-32-33-34-35-36-37-38-39-41-42-45-48-51-54-57-60-67(71)69-65(64-76-78(73,74)75-63-62-70(4,5)6)66(59-56-53-50-47-44-27-24-21-18-15-12-9-3)77-68(72)61-58-55-52-49-46-43-40-29-26-23-20-17-14-11-8-2/h19,22-23,26,28,30,32-33,35-36,56,59,65-66H,7-18,20-21,24-25,27,29,31,34,37-55,57-58,60-64H2,1-6H3,(H-,69,71,73,74)/b22-19-,26-23-,30-28-,33-32-,36-35-,59-56-. The van der Waals surface area contributed by atoms with Gasteiger partial charge in [0.2, 0.25) is 5.91 Å². The van der Waals surface area contributed by atoms with Gasteiger partial charge < -0.3 is 28.5 Å². The second-order valence-corrected chi connectivity index (χ2v) is 24.7. The van der Waals surface area contributed by atoms with Gasteiger partial charge in [-0.15, -0.1) is 0 Å². The molecule has 0 aromatic rings. The molecule has 0 rings (SSSR count). The van der Waals surface area contributed by atoms with Crippen LogP contribution < -0.4 is 10.2 Å². The Bertz CT molecular complexity index is 1570. The van der Waals surface area contributed by atoms with Gasteiger partial charge in [0.25, 0.3) is 7.82 Å². The third-order valence-electron chi connectivity index (χ3n) is 14.4. The summed E-state index contributed by atoms with van der Waals surface area (Å²) in [4.78, 5) is 40.0. The number of phosphoric ester groups is 1. The van der Waals surface area contributed by atoms with Crippen LogP contribution in [0.25, 0.3) is 0 Å². The fraction of sp³-hybridized carbons (Fsp3) is 0.794. The topological polar surface area (TPSA) is 114 Å². The molecule has 1 amide bonds. The summed E-state index contributed by atoms with van der Waals surface area (Å²) >= 11 is 0. The van der Waals surface area contributed by atoms with E-state index in [4.69, 9.17) is 13.8 Å². The Kier molecular flexibility index (Phi) is 55.8. The van der Waals surface area contributed by atoms with Crippen molar-refractivity contribution >= 4 is 19.7 Å². The van der Waals surface area contributed by atoms with Crippen LogP contribution in [-0.4, -0.2) is 69.4 Å². The van der Waals surface area contributed by atoms with E-state index in [9.17, 15) is 19.0 Å². The number of carbonyl (C=O) groups excluding carboxylic acids is 2. The third kappa shape index (κ3) is 58.1. The van der Waals surface area contributed by atoms with E-state index in [1.807, 2.05) is 33.3 Å². The van der Waals surface area contributed by atoms with Crippen molar-refractivity contribution in [3.05, 3.63) is 72.9 Å². The van der Waals surface area contributed by atoms with Crippen molar-refractivity contribution in [1.82, 2.24) is 5.32 Å². The first kappa shape index (κ1) is 75.5. The predicted molar refractivity (Wildman–Crippen MR) is 335 cm³/mol. The van der Waals surface area contributed by atoms with Crippen molar-refractivity contribution in [1.29, 1.82) is 0 Å². The number of allylic oxidation sites excluding steroid dienone is 11. The fourth-order valence-electron chi connectivity index (χ4n) is 9.27. The number of phosphoric acid groups is 1. The van der Waals surface area contributed by atoms with Gasteiger partial charge in [-0.3, -0.25) is 14.2 Å². The number of ether oxygens (including phenoxy) is 1. The molecule has 0 aromatic carbocycles. The average Bonchev–Trinajstić information content (AvgIpc) is 3.40. The van der Waals surface area contributed by atoms with Crippen molar-refractivity contribution in [2.24, 2.45) is 0 Å². The number of unbranched alkanes of at least 4 members (excludes halogenated alkanes) is 33. The van der Waals surface area contributed by atoms with Gasteiger partial charge in [-0.05, 0) is 102 Å². The van der Waals surface area contributed by atoms with Crippen molar-refractivity contribution in [2.45, 2.75) is 309 Å². The molecule has 9 nitrogen and oxygen atoms in total. The summed E-state index contributed by atoms with van der Waals surface area (Å²) in [7, 11) is 1.18. The van der Waals surface area contributed by atoms with Crippen molar-refractivity contribution in [3.63, 3.8) is 0 Å². The number of carbonyl (C=O) groups is 2. The maximum Gasteiger partial charge on any atom is 0.306 e. The van der Waals surface area contributed by atoms with Gasteiger partial charge in [0.05, 0.1) is 33.8 Å². The lowest BCUT2D eigenvalue weighted by molar-refractivity contribution is -0.870. The minimum absolute atomic E-state index is 0.0260. The molecule has 1 N–H and O–H groups in total. The van der Waals surface area contributed by atoms with E-state index >= 15 is 0 Å². The van der Waals surface area contributed by atoms with Crippen LogP contribution in [0.4, 0.5) is 0 Å². The highest BCUT2D eigenvalue weighted by molar-refractivity contribution is 7.45. The molecule has 454 valence electrons. The lowest BCUT2D eigenvalue weighted by atomic mass is 10.0. The molecule has 0 heterocycles. The third-order valence-corrected chi connectivity index (χ3v) is 15.3. The van der Waals surface area contributed by atoms with Crippen LogP contribution in [0, 0.1) is 0 Å². The molecule has 0 aliphatic carbocycles. The van der Waals surface area contributed by atoms with Crippen LogP contribution in [0.1, 0.15) is 297 Å². The minimum Gasteiger partial charge on any atom is -0.756 e. The summed E-state index contributed by atoms with van der Waals surface area (Å²) in [5.74, 6) is -0.549.